The topological polar surface area (TPSA) is 52.6 Å². The van der Waals surface area contributed by atoms with Crippen molar-refractivity contribution >= 4 is 11.9 Å². The smallest absolute Gasteiger partial charge is 0.315 e. The molecule has 0 atom stereocenters. The van der Waals surface area contributed by atoms with Crippen LogP contribution >= 0.6 is 0 Å². The zero-order chi connectivity index (χ0) is 13.0. The molecule has 0 aromatic heterocycles. The fraction of sp³-hybridized carbons (Fsp3) is 0.667. The summed E-state index contributed by atoms with van der Waals surface area (Å²) in [4.78, 5) is 22.8. The molecule has 0 amide bonds. The molecule has 0 aliphatic carbocycles. The van der Waals surface area contributed by atoms with Crippen LogP contribution in [0, 0.1) is 10.8 Å². The molecule has 0 spiro atoms. The van der Waals surface area contributed by atoms with Crippen LogP contribution in [0.2, 0.25) is 0 Å². The van der Waals surface area contributed by atoms with Gasteiger partial charge in [-0.1, -0.05) is 12.2 Å². The molecule has 92 valence electrons. The Hall–Kier alpha value is -1.32. The van der Waals surface area contributed by atoms with Crippen molar-refractivity contribution < 1.29 is 19.1 Å². The van der Waals surface area contributed by atoms with Crippen LogP contribution in [-0.4, -0.2) is 26.2 Å². The number of esters is 2. The summed E-state index contributed by atoms with van der Waals surface area (Å²) in [5.41, 5.74) is -1.50. The first kappa shape index (κ1) is 14.7. The molecular weight excluding hydrogens is 208 g/mol. The van der Waals surface area contributed by atoms with Gasteiger partial charge in [0.25, 0.3) is 0 Å². The van der Waals surface area contributed by atoms with Crippen molar-refractivity contribution in [2.24, 2.45) is 10.8 Å². The summed E-state index contributed by atoms with van der Waals surface area (Å²) in [6, 6.07) is 0. The van der Waals surface area contributed by atoms with Gasteiger partial charge in [0.2, 0.25) is 0 Å². The molecule has 0 bridgehead atoms. The second-order valence-electron chi connectivity index (χ2n) is 4.76. The Morgan fingerprint density at radius 3 is 1.25 bits per heavy atom. The molecule has 0 fully saturated rings. The fourth-order valence-electron chi connectivity index (χ4n) is 1.08. The van der Waals surface area contributed by atoms with Crippen molar-refractivity contribution in [3.05, 3.63) is 12.2 Å². The van der Waals surface area contributed by atoms with Crippen LogP contribution < -0.4 is 0 Å². The molecule has 0 rings (SSSR count). The van der Waals surface area contributed by atoms with E-state index >= 15 is 0 Å². The molecule has 0 aromatic rings. The van der Waals surface area contributed by atoms with Crippen molar-refractivity contribution in [2.45, 2.75) is 27.7 Å². The van der Waals surface area contributed by atoms with Gasteiger partial charge in [0.15, 0.2) is 0 Å². The van der Waals surface area contributed by atoms with Crippen molar-refractivity contribution in [3.63, 3.8) is 0 Å². The van der Waals surface area contributed by atoms with E-state index in [1.807, 2.05) is 0 Å². The minimum Gasteiger partial charge on any atom is -0.468 e. The Bertz CT molecular complexity index is 270. The van der Waals surface area contributed by atoms with Gasteiger partial charge in [-0.15, -0.1) is 0 Å². The molecule has 0 aliphatic rings. The lowest BCUT2D eigenvalue weighted by Gasteiger charge is -2.21. The first-order chi connectivity index (χ1) is 7.17. The van der Waals surface area contributed by atoms with Gasteiger partial charge in [-0.3, -0.25) is 9.59 Å². The van der Waals surface area contributed by atoms with Gasteiger partial charge in [0.05, 0.1) is 25.0 Å². The van der Waals surface area contributed by atoms with Gasteiger partial charge in [-0.05, 0) is 27.7 Å². The van der Waals surface area contributed by atoms with Gasteiger partial charge >= 0.3 is 11.9 Å². The lowest BCUT2D eigenvalue weighted by atomic mass is 9.86. The van der Waals surface area contributed by atoms with Crippen LogP contribution in [0.5, 0.6) is 0 Å². The van der Waals surface area contributed by atoms with E-state index in [2.05, 4.69) is 9.47 Å². The molecule has 16 heavy (non-hydrogen) atoms. The molecule has 4 heteroatoms. The number of carbonyl (C=O) groups is 2. The van der Waals surface area contributed by atoms with Gasteiger partial charge < -0.3 is 9.47 Å². The normalized spacial score (nSPS) is 12.6. The summed E-state index contributed by atoms with van der Waals surface area (Å²) in [5, 5.41) is 0. The lowest BCUT2D eigenvalue weighted by molar-refractivity contribution is -0.149. The van der Waals surface area contributed by atoms with Gasteiger partial charge in [-0.25, -0.2) is 0 Å². The van der Waals surface area contributed by atoms with E-state index < -0.39 is 10.8 Å². The Morgan fingerprint density at radius 2 is 1.06 bits per heavy atom. The third kappa shape index (κ3) is 3.68. The SMILES string of the molecule is COC(=O)C(C)(C)C=CC(C)(C)C(=O)OC. The average molecular weight is 228 g/mol. The monoisotopic (exact) mass is 228 g/mol. The zero-order valence-electron chi connectivity index (χ0n) is 10.8. The molecule has 0 radical (unpaired) electrons. The van der Waals surface area contributed by atoms with Crippen LogP contribution in [0.25, 0.3) is 0 Å². The summed E-state index contributed by atoms with van der Waals surface area (Å²) in [6.07, 6.45) is 3.32. The maximum atomic E-state index is 11.4. The molecular formula is C12H20O4. The Balaban J connectivity index is 4.84. The average Bonchev–Trinajstić information content (AvgIpc) is 2.24. The Kier molecular flexibility index (Phi) is 4.72. The minimum atomic E-state index is -0.750. The van der Waals surface area contributed by atoms with E-state index in [1.54, 1.807) is 39.8 Å². The molecule has 0 saturated heterocycles. The van der Waals surface area contributed by atoms with Crippen molar-refractivity contribution in [3.8, 4) is 0 Å². The van der Waals surface area contributed by atoms with Crippen LogP contribution in [0.15, 0.2) is 12.2 Å². The predicted molar refractivity (Wildman–Crippen MR) is 60.7 cm³/mol. The quantitative estimate of drug-likeness (QED) is 0.545. The second-order valence-corrected chi connectivity index (χ2v) is 4.76. The summed E-state index contributed by atoms with van der Waals surface area (Å²) in [6.45, 7) is 6.90. The predicted octanol–water partition coefficient (Wildman–Crippen LogP) is 1.94. The standard InChI is InChI=1S/C12H20O4/c1-11(2,9(13)15-5)7-8-12(3,4)10(14)16-6/h7-8H,1-6H3. The van der Waals surface area contributed by atoms with E-state index in [0.29, 0.717) is 0 Å². The summed E-state index contributed by atoms with van der Waals surface area (Å²) in [7, 11) is 2.67. The highest BCUT2D eigenvalue weighted by molar-refractivity contribution is 5.80. The number of hydrogen-bond acceptors (Lipinski definition) is 4. The lowest BCUT2D eigenvalue weighted by Crippen LogP contribution is -2.27. The van der Waals surface area contributed by atoms with Crippen LogP contribution in [0.4, 0.5) is 0 Å². The highest BCUT2D eigenvalue weighted by Gasteiger charge is 2.30. The number of hydrogen-bond donors (Lipinski definition) is 0. The van der Waals surface area contributed by atoms with Crippen LogP contribution in [0.1, 0.15) is 27.7 Å². The van der Waals surface area contributed by atoms with Crippen molar-refractivity contribution in [1.82, 2.24) is 0 Å². The maximum Gasteiger partial charge on any atom is 0.315 e. The van der Waals surface area contributed by atoms with Crippen molar-refractivity contribution in [2.75, 3.05) is 14.2 Å². The highest BCUT2D eigenvalue weighted by Crippen LogP contribution is 2.25. The molecule has 0 heterocycles. The number of rotatable bonds is 4. The molecule has 4 nitrogen and oxygen atoms in total. The van der Waals surface area contributed by atoms with E-state index in [9.17, 15) is 9.59 Å². The molecule has 0 aromatic carbocycles. The number of carbonyl (C=O) groups excluding carboxylic acids is 2. The van der Waals surface area contributed by atoms with E-state index in [1.165, 1.54) is 14.2 Å². The third-order valence-corrected chi connectivity index (χ3v) is 2.34. The molecule has 0 aliphatic heterocycles. The van der Waals surface area contributed by atoms with E-state index in [4.69, 9.17) is 0 Å². The Labute approximate surface area is 96.6 Å². The van der Waals surface area contributed by atoms with Crippen molar-refractivity contribution in [1.29, 1.82) is 0 Å². The summed E-state index contributed by atoms with van der Waals surface area (Å²) in [5.74, 6) is -0.686. The molecule has 0 N–H and O–H groups in total. The first-order valence-corrected chi connectivity index (χ1v) is 5.04. The van der Waals surface area contributed by atoms with Gasteiger partial charge in [0.1, 0.15) is 0 Å². The van der Waals surface area contributed by atoms with Gasteiger partial charge in [-0.2, -0.15) is 0 Å². The summed E-state index contributed by atoms with van der Waals surface area (Å²) >= 11 is 0. The van der Waals surface area contributed by atoms with Crippen LogP contribution in [-0.2, 0) is 19.1 Å². The highest BCUT2D eigenvalue weighted by atomic mass is 16.5. The maximum absolute atomic E-state index is 11.4. The van der Waals surface area contributed by atoms with E-state index in [0.717, 1.165) is 0 Å². The second kappa shape index (κ2) is 5.14. The number of methoxy groups -OCH3 is 2. The zero-order valence-corrected chi connectivity index (χ0v) is 10.8. The summed E-state index contributed by atoms with van der Waals surface area (Å²) < 4.78 is 9.32. The fourth-order valence-corrected chi connectivity index (χ4v) is 1.08. The number of ether oxygens (including phenoxy) is 2. The van der Waals surface area contributed by atoms with Gasteiger partial charge in [0, 0.05) is 0 Å². The molecule has 0 unspecified atom stereocenters. The Morgan fingerprint density at radius 1 is 0.812 bits per heavy atom. The minimum absolute atomic E-state index is 0.343. The van der Waals surface area contributed by atoms with E-state index in [-0.39, 0.29) is 11.9 Å². The molecule has 0 saturated carbocycles. The largest absolute Gasteiger partial charge is 0.468 e. The van der Waals surface area contributed by atoms with Crippen LogP contribution in [0.3, 0.4) is 0 Å². The third-order valence-electron chi connectivity index (χ3n) is 2.34. The first-order valence-electron chi connectivity index (χ1n) is 5.04.